The van der Waals surface area contributed by atoms with E-state index in [4.69, 9.17) is 5.73 Å². The zero-order valence-corrected chi connectivity index (χ0v) is 12.4. The summed E-state index contributed by atoms with van der Waals surface area (Å²) in [4.78, 5) is 5.04. The molecule has 0 amide bonds. The van der Waals surface area contributed by atoms with E-state index in [0.29, 0.717) is 6.04 Å². The lowest BCUT2D eigenvalue weighted by Crippen LogP contribution is -2.39. The van der Waals surface area contributed by atoms with E-state index in [-0.39, 0.29) is 0 Å². The van der Waals surface area contributed by atoms with Gasteiger partial charge >= 0.3 is 0 Å². The fraction of sp³-hybridized carbons (Fsp3) is 0.647. The van der Waals surface area contributed by atoms with Gasteiger partial charge in [0.25, 0.3) is 0 Å². The van der Waals surface area contributed by atoms with Crippen molar-refractivity contribution < 1.29 is 0 Å². The third-order valence-corrected chi connectivity index (χ3v) is 5.69. The monoisotopic (exact) mass is 271 g/mol. The van der Waals surface area contributed by atoms with E-state index < -0.39 is 0 Å². The highest BCUT2D eigenvalue weighted by molar-refractivity contribution is 5.58. The minimum atomic E-state index is 0.432. The lowest BCUT2D eigenvalue weighted by molar-refractivity contribution is 0.153. The van der Waals surface area contributed by atoms with E-state index in [1.165, 1.54) is 49.0 Å². The number of benzene rings is 1. The Kier molecular flexibility index (Phi) is 3.00. The van der Waals surface area contributed by atoms with Crippen LogP contribution in [-0.4, -0.2) is 37.6 Å². The Morgan fingerprint density at radius 1 is 1.35 bits per heavy atom. The highest BCUT2D eigenvalue weighted by Crippen LogP contribution is 2.42. The normalized spacial score (nSPS) is 30.0. The molecule has 2 fully saturated rings. The fourth-order valence-electron chi connectivity index (χ4n) is 4.60. The summed E-state index contributed by atoms with van der Waals surface area (Å²) in [5.41, 5.74) is 10.5. The van der Waals surface area contributed by atoms with Crippen LogP contribution in [0.5, 0.6) is 0 Å². The van der Waals surface area contributed by atoms with Gasteiger partial charge in [-0.05, 0) is 48.8 Å². The average molecular weight is 271 g/mol. The third-order valence-electron chi connectivity index (χ3n) is 5.69. The standard InChI is InChI=1S/C17H25N3/c1-19-7-6-14-9-13(3-5-16(14)19)17(10-18)20-11-12-2-4-15(20)8-12/h3,5,9,12,15,17H,2,4,6-8,10-11,18H2,1H3. The van der Waals surface area contributed by atoms with Crippen molar-refractivity contribution in [2.45, 2.75) is 37.8 Å². The number of likely N-dealkylation sites (tertiary alicyclic amines) is 1. The van der Waals surface area contributed by atoms with E-state index in [2.05, 4.69) is 35.0 Å². The molecule has 0 aromatic heterocycles. The minimum Gasteiger partial charge on any atom is -0.374 e. The molecule has 3 aliphatic rings. The average Bonchev–Trinajstić information content (AvgIpc) is 3.16. The first-order valence-electron chi connectivity index (χ1n) is 8.06. The maximum atomic E-state index is 6.14. The van der Waals surface area contributed by atoms with E-state index >= 15 is 0 Å². The molecule has 1 aromatic rings. The van der Waals surface area contributed by atoms with E-state index in [9.17, 15) is 0 Å². The molecule has 3 unspecified atom stereocenters. The number of rotatable bonds is 3. The number of likely N-dealkylation sites (N-methyl/N-ethyl adjacent to an activating group) is 1. The van der Waals surface area contributed by atoms with E-state index in [1.807, 2.05) is 0 Å². The Bertz CT molecular complexity index is 513. The molecule has 2 N–H and O–H groups in total. The van der Waals surface area contributed by atoms with Crippen LogP contribution in [0, 0.1) is 5.92 Å². The molecule has 3 atom stereocenters. The van der Waals surface area contributed by atoms with Crippen molar-refractivity contribution in [2.75, 3.05) is 31.6 Å². The van der Waals surface area contributed by atoms with Crippen molar-refractivity contribution in [1.29, 1.82) is 0 Å². The van der Waals surface area contributed by atoms with Crippen LogP contribution in [0.1, 0.15) is 36.4 Å². The molecule has 108 valence electrons. The number of hydrogen-bond acceptors (Lipinski definition) is 3. The summed E-state index contributed by atoms with van der Waals surface area (Å²) >= 11 is 0. The van der Waals surface area contributed by atoms with Gasteiger partial charge in [0.05, 0.1) is 0 Å². The molecule has 0 radical (unpaired) electrons. The molecule has 2 heterocycles. The van der Waals surface area contributed by atoms with Crippen LogP contribution in [0.4, 0.5) is 5.69 Å². The summed E-state index contributed by atoms with van der Waals surface area (Å²) in [5.74, 6) is 0.939. The summed E-state index contributed by atoms with van der Waals surface area (Å²) in [7, 11) is 2.19. The Morgan fingerprint density at radius 3 is 2.95 bits per heavy atom. The minimum absolute atomic E-state index is 0.432. The predicted octanol–water partition coefficient (Wildman–Crippen LogP) is 2.16. The van der Waals surface area contributed by atoms with Crippen LogP contribution in [0.2, 0.25) is 0 Å². The van der Waals surface area contributed by atoms with Gasteiger partial charge in [0.15, 0.2) is 0 Å². The summed E-state index contributed by atoms with van der Waals surface area (Å²) in [6.07, 6.45) is 5.41. The molecule has 1 aromatic carbocycles. The van der Waals surface area contributed by atoms with E-state index in [0.717, 1.165) is 25.0 Å². The van der Waals surface area contributed by atoms with Crippen LogP contribution >= 0.6 is 0 Å². The van der Waals surface area contributed by atoms with Crippen molar-refractivity contribution in [2.24, 2.45) is 11.7 Å². The van der Waals surface area contributed by atoms with Crippen LogP contribution in [-0.2, 0) is 6.42 Å². The van der Waals surface area contributed by atoms with Crippen molar-refractivity contribution in [3.8, 4) is 0 Å². The first-order valence-corrected chi connectivity index (χ1v) is 8.06. The van der Waals surface area contributed by atoms with Crippen molar-refractivity contribution in [3.05, 3.63) is 29.3 Å². The van der Waals surface area contributed by atoms with Crippen LogP contribution < -0.4 is 10.6 Å². The van der Waals surface area contributed by atoms with Crippen LogP contribution in [0.15, 0.2) is 18.2 Å². The molecule has 4 rings (SSSR count). The van der Waals surface area contributed by atoms with Gasteiger partial charge in [0.2, 0.25) is 0 Å². The SMILES string of the molecule is CN1CCc2cc(C(CN)N3CC4CCC3C4)ccc21. The van der Waals surface area contributed by atoms with Gasteiger partial charge in [-0.1, -0.05) is 12.1 Å². The first-order chi connectivity index (χ1) is 9.76. The third kappa shape index (κ3) is 1.87. The molecule has 2 aliphatic heterocycles. The number of fused-ring (bicyclic) bond motifs is 3. The number of hydrogen-bond donors (Lipinski definition) is 1. The van der Waals surface area contributed by atoms with Crippen molar-refractivity contribution >= 4 is 5.69 Å². The van der Waals surface area contributed by atoms with Gasteiger partial charge in [0.1, 0.15) is 0 Å². The van der Waals surface area contributed by atoms with Gasteiger partial charge in [-0.2, -0.15) is 0 Å². The second kappa shape index (κ2) is 4.74. The van der Waals surface area contributed by atoms with Crippen molar-refractivity contribution in [3.63, 3.8) is 0 Å². The summed E-state index contributed by atoms with van der Waals surface area (Å²) in [6, 6.07) is 8.26. The molecule has 20 heavy (non-hydrogen) atoms. The molecular formula is C17H25N3. The van der Waals surface area contributed by atoms with Crippen LogP contribution in [0.3, 0.4) is 0 Å². The first kappa shape index (κ1) is 12.7. The summed E-state index contributed by atoms with van der Waals surface area (Å²) in [5, 5.41) is 0. The number of anilines is 1. The molecular weight excluding hydrogens is 246 g/mol. The fourth-order valence-corrected chi connectivity index (χ4v) is 4.60. The molecule has 2 bridgehead atoms. The Morgan fingerprint density at radius 2 is 2.25 bits per heavy atom. The zero-order valence-electron chi connectivity index (χ0n) is 12.4. The molecule has 0 spiro atoms. The molecule has 3 nitrogen and oxygen atoms in total. The summed E-state index contributed by atoms with van der Waals surface area (Å²) < 4.78 is 0. The van der Waals surface area contributed by atoms with Crippen molar-refractivity contribution in [1.82, 2.24) is 4.90 Å². The maximum absolute atomic E-state index is 6.14. The zero-order chi connectivity index (χ0) is 13.7. The quantitative estimate of drug-likeness (QED) is 0.914. The molecule has 1 saturated heterocycles. The highest BCUT2D eigenvalue weighted by atomic mass is 15.2. The molecule has 3 heteroatoms. The number of piperidine rings is 1. The van der Waals surface area contributed by atoms with Gasteiger partial charge in [-0.3, -0.25) is 4.90 Å². The highest BCUT2D eigenvalue weighted by Gasteiger charge is 2.41. The van der Waals surface area contributed by atoms with E-state index in [1.54, 1.807) is 0 Å². The Balaban J connectivity index is 1.62. The van der Waals surface area contributed by atoms with Gasteiger partial charge < -0.3 is 10.6 Å². The Labute approximate surface area is 121 Å². The number of nitrogens with two attached hydrogens (primary N) is 1. The van der Waals surface area contributed by atoms with Gasteiger partial charge in [-0.25, -0.2) is 0 Å². The topological polar surface area (TPSA) is 32.5 Å². The lowest BCUT2D eigenvalue weighted by atomic mass is 9.99. The maximum Gasteiger partial charge on any atom is 0.0473 e. The summed E-state index contributed by atoms with van der Waals surface area (Å²) in [6.45, 7) is 3.17. The molecule has 1 saturated carbocycles. The molecule has 1 aliphatic carbocycles. The predicted molar refractivity (Wildman–Crippen MR) is 83.0 cm³/mol. The smallest absolute Gasteiger partial charge is 0.0473 e. The lowest BCUT2D eigenvalue weighted by Gasteiger charge is -2.34. The Hall–Kier alpha value is -1.06. The second-order valence-electron chi connectivity index (χ2n) is 6.84. The van der Waals surface area contributed by atoms with Gasteiger partial charge in [0, 0.05) is 44.5 Å². The van der Waals surface area contributed by atoms with Gasteiger partial charge in [-0.15, -0.1) is 0 Å². The second-order valence-corrected chi connectivity index (χ2v) is 6.84. The largest absolute Gasteiger partial charge is 0.374 e. The van der Waals surface area contributed by atoms with Crippen LogP contribution in [0.25, 0.3) is 0 Å². The number of nitrogens with zero attached hydrogens (tertiary/aromatic N) is 2.